The third-order valence-electron chi connectivity index (χ3n) is 2.31. The molecule has 0 bridgehead atoms. The molecule has 0 fully saturated rings. The Morgan fingerprint density at radius 1 is 1.42 bits per heavy atom. The Hall–Kier alpha value is -1.40. The van der Waals surface area contributed by atoms with Gasteiger partial charge in [0, 0.05) is 11.4 Å². The number of carbonyl (C=O) groups is 2. The second-order valence-corrected chi connectivity index (χ2v) is 4.84. The zero-order valence-electron chi connectivity index (χ0n) is 10.8. The number of rotatable bonds is 6. The van der Waals surface area contributed by atoms with Crippen molar-refractivity contribution in [3.63, 3.8) is 0 Å². The number of hydrogen-bond acceptors (Lipinski definition) is 4. The minimum Gasteiger partial charge on any atom is -0.467 e. The number of halogens is 1. The minimum atomic E-state index is -0.783. The second-order valence-electron chi connectivity index (χ2n) is 3.92. The minimum absolute atomic E-state index is 0.0682. The quantitative estimate of drug-likeness (QED) is 0.806. The molecule has 0 aliphatic heterocycles. The molecule has 1 aromatic rings. The summed E-state index contributed by atoms with van der Waals surface area (Å²) in [5.74, 6) is -0.828. The van der Waals surface area contributed by atoms with E-state index in [1.54, 1.807) is 0 Å². The van der Waals surface area contributed by atoms with E-state index in [1.807, 2.05) is 24.3 Å². The van der Waals surface area contributed by atoms with E-state index < -0.39 is 12.0 Å². The highest BCUT2D eigenvalue weighted by Crippen LogP contribution is 2.12. The fourth-order valence-electron chi connectivity index (χ4n) is 1.48. The predicted octanol–water partition coefficient (Wildman–Crippen LogP) is 1.64. The van der Waals surface area contributed by atoms with Crippen LogP contribution in [-0.2, 0) is 25.7 Å². The number of esters is 1. The van der Waals surface area contributed by atoms with E-state index in [2.05, 4.69) is 26.0 Å². The summed E-state index contributed by atoms with van der Waals surface area (Å²) in [6.45, 7) is 1.76. The molecule has 5 nitrogen and oxygen atoms in total. The average molecular weight is 330 g/mol. The number of methoxy groups -OCH3 is 1. The Kier molecular flexibility index (Phi) is 6.52. The number of carbonyl (C=O) groups excluding carboxylic acids is 2. The van der Waals surface area contributed by atoms with E-state index in [0.717, 1.165) is 10.0 Å². The number of benzene rings is 1. The van der Waals surface area contributed by atoms with Crippen molar-refractivity contribution < 1.29 is 19.1 Å². The summed E-state index contributed by atoms with van der Waals surface area (Å²) in [6, 6.07) is 6.86. The van der Waals surface area contributed by atoms with Crippen LogP contribution in [0.3, 0.4) is 0 Å². The van der Waals surface area contributed by atoms with Crippen LogP contribution in [0.2, 0.25) is 0 Å². The van der Waals surface area contributed by atoms with Crippen LogP contribution in [0.4, 0.5) is 0 Å². The lowest BCUT2D eigenvalue weighted by Crippen LogP contribution is -2.43. The first-order valence-electron chi connectivity index (χ1n) is 5.70. The van der Waals surface area contributed by atoms with Crippen molar-refractivity contribution in [3.8, 4) is 0 Å². The van der Waals surface area contributed by atoms with Gasteiger partial charge >= 0.3 is 5.97 Å². The molecule has 1 unspecified atom stereocenters. The van der Waals surface area contributed by atoms with E-state index in [-0.39, 0.29) is 12.5 Å². The highest BCUT2D eigenvalue weighted by molar-refractivity contribution is 9.10. The fourth-order valence-corrected chi connectivity index (χ4v) is 1.92. The molecule has 1 amide bonds. The monoisotopic (exact) mass is 329 g/mol. The molecular weight excluding hydrogens is 314 g/mol. The molecule has 0 aromatic heterocycles. The van der Waals surface area contributed by atoms with E-state index in [1.165, 1.54) is 14.0 Å². The zero-order valence-corrected chi connectivity index (χ0v) is 12.4. The molecule has 1 N–H and O–H groups in total. The van der Waals surface area contributed by atoms with Crippen LogP contribution in [0, 0.1) is 0 Å². The highest BCUT2D eigenvalue weighted by atomic mass is 79.9. The van der Waals surface area contributed by atoms with Crippen LogP contribution >= 0.6 is 15.9 Å². The van der Waals surface area contributed by atoms with Gasteiger partial charge in [0.1, 0.15) is 0 Å². The maximum Gasteiger partial charge on any atom is 0.330 e. The number of amides is 1. The molecule has 0 heterocycles. The molecule has 104 valence electrons. The smallest absolute Gasteiger partial charge is 0.330 e. The summed E-state index contributed by atoms with van der Waals surface area (Å²) in [5, 5.41) is 2.48. The van der Waals surface area contributed by atoms with Gasteiger partial charge in [-0.3, -0.25) is 4.79 Å². The molecular formula is C13H16BrNO4. The van der Waals surface area contributed by atoms with E-state index in [0.29, 0.717) is 6.61 Å². The first-order chi connectivity index (χ1) is 9.02. The Balaban J connectivity index is 2.48. The Labute approximate surface area is 120 Å². The highest BCUT2D eigenvalue weighted by Gasteiger charge is 2.20. The van der Waals surface area contributed by atoms with Gasteiger partial charge in [0.25, 0.3) is 0 Å². The molecule has 1 atom stereocenters. The van der Waals surface area contributed by atoms with Crippen molar-refractivity contribution in [1.29, 1.82) is 0 Å². The van der Waals surface area contributed by atoms with Gasteiger partial charge in [-0.2, -0.15) is 0 Å². The summed E-state index contributed by atoms with van der Waals surface area (Å²) in [5.41, 5.74) is 0.973. The molecule has 0 aliphatic rings. The van der Waals surface area contributed by atoms with E-state index >= 15 is 0 Å². The molecule has 1 rings (SSSR count). The summed E-state index contributed by atoms with van der Waals surface area (Å²) in [7, 11) is 1.27. The normalized spacial score (nSPS) is 11.7. The standard InChI is InChI=1S/C13H16BrNO4/c1-9(16)15-12(13(17)18-2)8-19-7-10-4-3-5-11(14)6-10/h3-6,12H,7-8H2,1-2H3,(H,15,16). The van der Waals surface area contributed by atoms with Gasteiger partial charge in [-0.1, -0.05) is 28.1 Å². The summed E-state index contributed by atoms with van der Waals surface area (Å²) in [4.78, 5) is 22.4. The van der Waals surface area contributed by atoms with E-state index in [4.69, 9.17) is 4.74 Å². The fraction of sp³-hybridized carbons (Fsp3) is 0.385. The van der Waals surface area contributed by atoms with Crippen molar-refractivity contribution in [1.82, 2.24) is 5.32 Å². The largest absolute Gasteiger partial charge is 0.467 e. The van der Waals surface area contributed by atoms with Crippen LogP contribution in [0.5, 0.6) is 0 Å². The average Bonchev–Trinajstić information content (AvgIpc) is 2.36. The molecule has 19 heavy (non-hydrogen) atoms. The first kappa shape index (κ1) is 15.7. The van der Waals surface area contributed by atoms with Gasteiger partial charge in [0.05, 0.1) is 20.3 Å². The Morgan fingerprint density at radius 3 is 2.74 bits per heavy atom. The summed E-state index contributed by atoms with van der Waals surface area (Å²) >= 11 is 3.36. The maximum absolute atomic E-state index is 11.4. The SMILES string of the molecule is COC(=O)C(COCc1cccc(Br)c1)NC(C)=O. The molecule has 6 heteroatoms. The van der Waals surface area contributed by atoms with Crippen LogP contribution in [0.1, 0.15) is 12.5 Å². The lowest BCUT2D eigenvalue weighted by atomic mass is 10.2. The molecule has 0 aliphatic carbocycles. The zero-order chi connectivity index (χ0) is 14.3. The van der Waals surface area contributed by atoms with E-state index in [9.17, 15) is 9.59 Å². The van der Waals surface area contributed by atoms with Gasteiger partial charge in [0.15, 0.2) is 6.04 Å². The van der Waals surface area contributed by atoms with Crippen molar-refractivity contribution in [2.45, 2.75) is 19.6 Å². The first-order valence-corrected chi connectivity index (χ1v) is 6.49. The van der Waals surface area contributed by atoms with Crippen LogP contribution in [-0.4, -0.2) is 31.6 Å². The lowest BCUT2D eigenvalue weighted by Gasteiger charge is -2.15. The summed E-state index contributed by atoms with van der Waals surface area (Å²) < 4.78 is 11.0. The van der Waals surface area contributed by atoms with Crippen molar-refractivity contribution >= 4 is 27.8 Å². The predicted molar refractivity (Wildman–Crippen MR) is 73.4 cm³/mol. The number of hydrogen-bond donors (Lipinski definition) is 1. The summed E-state index contributed by atoms with van der Waals surface area (Å²) in [6.07, 6.45) is 0. The van der Waals surface area contributed by atoms with Crippen LogP contribution in [0.25, 0.3) is 0 Å². The van der Waals surface area contributed by atoms with Gasteiger partial charge in [-0.25, -0.2) is 4.79 Å². The second kappa shape index (κ2) is 7.91. The van der Waals surface area contributed by atoms with Crippen molar-refractivity contribution in [2.75, 3.05) is 13.7 Å². The molecule has 0 saturated heterocycles. The van der Waals surface area contributed by atoms with Gasteiger partial charge in [-0.05, 0) is 17.7 Å². The third kappa shape index (κ3) is 5.85. The van der Waals surface area contributed by atoms with Gasteiger partial charge in [-0.15, -0.1) is 0 Å². The molecule has 0 spiro atoms. The van der Waals surface area contributed by atoms with Crippen LogP contribution in [0.15, 0.2) is 28.7 Å². The Morgan fingerprint density at radius 2 is 2.16 bits per heavy atom. The third-order valence-corrected chi connectivity index (χ3v) is 2.80. The van der Waals surface area contributed by atoms with Gasteiger partial charge in [0.2, 0.25) is 5.91 Å². The van der Waals surface area contributed by atoms with Crippen LogP contribution < -0.4 is 5.32 Å². The molecule has 0 radical (unpaired) electrons. The Bertz CT molecular complexity index is 450. The maximum atomic E-state index is 11.4. The van der Waals surface area contributed by atoms with Crippen molar-refractivity contribution in [3.05, 3.63) is 34.3 Å². The topological polar surface area (TPSA) is 64.6 Å². The van der Waals surface area contributed by atoms with Gasteiger partial charge < -0.3 is 14.8 Å². The molecule has 0 saturated carbocycles. The lowest BCUT2D eigenvalue weighted by molar-refractivity contribution is -0.146. The number of ether oxygens (including phenoxy) is 2. The molecule has 1 aromatic carbocycles. The van der Waals surface area contributed by atoms with Crippen molar-refractivity contribution in [2.24, 2.45) is 0 Å². The number of nitrogens with one attached hydrogen (secondary N) is 1.